The zero-order valence-electron chi connectivity index (χ0n) is 17.4. The van der Waals surface area contributed by atoms with Crippen molar-refractivity contribution in [2.75, 3.05) is 19.0 Å². The molecule has 0 N–H and O–H groups in total. The lowest BCUT2D eigenvalue weighted by Crippen LogP contribution is -2.33. The first kappa shape index (κ1) is 19.9. The molecule has 1 atom stereocenters. The van der Waals surface area contributed by atoms with Crippen molar-refractivity contribution in [3.63, 3.8) is 0 Å². The Kier molecular flexibility index (Phi) is 5.66. The normalized spacial score (nSPS) is 15.2. The van der Waals surface area contributed by atoms with Crippen molar-refractivity contribution in [1.82, 2.24) is 4.90 Å². The van der Waals surface area contributed by atoms with Crippen LogP contribution in [0.4, 0.5) is 5.69 Å². The third-order valence-corrected chi connectivity index (χ3v) is 5.93. The monoisotopic (exact) mass is 398 g/mol. The second-order valence-electron chi connectivity index (χ2n) is 7.80. The Balaban J connectivity index is 1.63. The average molecular weight is 399 g/mol. The number of hydrogen-bond donors (Lipinski definition) is 0. The summed E-state index contributed by atoms with van der Waals surface area (Å²) in [5.41, 5.74) is 4.59. The summed E-state index contributed by atoms with van der Waals surface area (Å²) in [5, 5.41) is 0. The minimum Gasteiger partial charge on any atom is -0.335 e. The van der Waals surface area contributed by atoms with E-state index in [2.05, 4.69) is 12.1 Å². The number of fused-ring (bicyclic) bond motifs is 1. The molecule has 152 valence electrons. The molecule has 0 fully saturated rings. The molecule has 0 saturated heterocycles. The summed E-state index contributed by atoms with van der Waals surface area (Å²) in [6.45, 7) is 0. The molecule has 0 aliphatic heterocycles. The third kappa shape index (κ3) is 3.86. The molecular weight excluding hydrogens is 372 g/mol. The van der Waals surface area contributed by atoms with Crippen LogP contribution >= 0.6 is 0 Å². The van der Waals surface area contributed by atoms with E-state index >= 15 is 0 Å². The summed E-state index contributed by atoms with van der Waals surface area (Å²) < 4.78 is 0. The number of aryl methyl sites for hydroxylation is 1. The SMILES string of the molecule is CN(C(=O)c1ccccc1)c1ccc2c(c1)C(N(C)C(=O)c1ccccc1)CCC2. The quantitative estimate of drug-likeness (QED) is 0.612. The van der Waals surface area contributed by atoms with Crippen LogP contribution in [0.25, 0.3) is 0 Å². The Labute approximate surface area is 177 Å². The molecular formula is C26H26N2O2. The molecule has 30 heavy (non-hydrogen) atoms. The minimum atomic E-state index is -0.0448. The number of amides is 2. The third-order valence-electron chi connectivity index (χ3n) is 5.93. The van der Waals surface area contributed by atoms with Crippen LogP contribution in [-0.4, -0.2) is 30.8 Å². The Hall–Kier alpha value is -3.40. The lowest BCUT2D eigenvalue weighted by Gasteiger charge is -2.34. The first-order valence-corrected chi connectivity index (χ1v) is 10.3. The van der Waals surface area contributed by atoms with Crippen molar-refractivity contribution in [2.24, 2.45) is 0 Å². The molecule has 0 aromatic heterocycles. The van der Waals surface area contributed by atoms with Gasteiger partial charge in [0, 0.05) is 30.9 Å². The molecule has 1 aliphatic carbocycles. The van der Waals surface area contributed by atoms with Gasteiger partial charge in [-0.15, -0.1) is 0 Å². The van der Waals surface area contributed by atoms with Crippen molar-refractivity contribution in [2.45, 2.75) is 25.3 Å². The van der Waals surface area contributed by atoms with Gasteiger partial charge >= 0.3 is 0 Å². The van der Waals surface area contributed by atoms with Crippen LogP contribution in [0.1, 0.15) is 50.7 Å². The van der Waals surface area contributed by atoms with E-state index in [1.165, 1.54) is 5.56 Å². The molecule has 1 aliphatic rings. The summed E-state index contributed by atoms with van der Waals surface area (Å²) in [6.07, 6.45) is 2.96. The lowest BCUT2D eigenvalue weighted by molar-refractivity contribution is 0.0714. The van der Waals surface area contributed by atoms with Gasteiger partial charge < -0.3 is 9.80 Å². The predicted molar refractivity (Wildman–Crippen MR) is 120 cm³/mol. The highest BCUT2D eigenvalue weighted by molar-refractivity contribution is 6.05. The van der Waals surface area contributed by atoms with E-state index in [1.807, 2.05) is 78.7 Å². The summed E-state index contributed by atoms with van der Waals surface area (Å²) in [6, 6.07) is 24.9. The van der Waals surface area contributed by atoms with Crippen molar-refractivity contribution in [3.05, 3.63) is 101 Å². The molecule has 0 saturated carbocycles. The number of hydrogen-bond acceptors (Lipinski definition) is 2. The van der Waals surface area contributed by atoms with Gasteiger partial charge in [0.2, 0.25) is 0 Å². The van der Waals surface area contributed by atoms with E-state index < -0.39 is 0 Å². The van der Waals surface area contributed by atoms with E-state index in [0.717, 1.165) is 30.5 Å². The molecule has 0 spiro atoms. The van der Waals surface area contributed by atoms with Crippen LogP contribution in [0.5, 0.6) is 0 Å². The standard InChI is InChI=1S/C26H26N2O2/c1-27(25(29)20-10-5-3-6-11-20)22-17-16-19-14-9-15-24(23(19)18-22)28(2)26(30)21-12-7-4-8-13-21/h3-8,10-13,16-18,24H,9,14-15H2,1-2H3. The summed E-state index contributed by atoms with van der Waals surface area (Å²) >= 11 is 0. The number of carbonyl (C=O) groups is 2. The fourth-order valence-corrected chi connectivity index (χ4v) is 4.19. The van der Waals surface area contributed by atoms with Crippen LogP contribution in [-0.2, 0) is 6.42 Å². The van der Waals surface area contributed by atoms with Crippen molar-refractivity contribution in [1.29, 1.82) is 0 Å². The van der Waals surface area contributed by atoms with Gasteiger partial charge in [0.15, 0.2) is 0 Å². The maximum atomic E-state index is 13.0. The maximum absolute atomic E-state index is 13.0. The van der Waals surface area contributed by atoms with E-state index in [1.54, 1.807) is 11.9 Å². The van der Waals surface area contributed by atoms with Gasteiger partial charge in [0.1, 0.15) is 0 Å². The Morgan fingerprint density at radius 1 is 0.800 bits per heavy atom. The first-order chi connectivity index (χ1) is 14.6. The van der Waals surface area contributed by atoms with Gasteiger partial charge in [0.25, 0.3) is 11.8 Å². The molecule has 3 aromatic rings. The number of nitrogens with zero attached hydrogens (tertiary/aromatic N) is 2. The van der Waals surface area contributed by atoms with Gasteiger partial charge in [0.05, 0.1) is 6.04 Å². The number of carbonyl (C=O) groups excluding carboxylic acids is 2. The highest BCUT2D eigenvalue weighted by Gasteiger charge is 2.28. The largest absolute Gasteiger partial charge is 0.335 e. The summed E-state index contributed by atoms with van der Waals surface area (Å²) in [7, 11) is 3.67. The number of benzene rings is 3. The zero-order valence-corrected chi connectivity index (χ0v) is 17.4. The first-order valence-electron chi connectivity index (χ1n) is 10.3. The minimum absolute atomic E-state index is 0.00151. The molecule has 4 rings (SSSR count). The lowest BCUT2D eigenvalue weighted by atomic mass is 9.86. The van der Waals surface area contributed by atoms with Gasteiger partial charge in [-0.1, -0.05) is 42.5 Å². The van der Waals surface area contributed by atoms with Gasteiger partial charge in [-0.2, -0.15) is 0 Å². The van der Waals surface area contributed by atoms with Crippen LogP contribution in [0.15, 0.2) is 78.9 Å². The summed E-state index contributed by atoms with van der Waals surface area (Å²) in [4.78, 5) is 29.4. The Bertz CT molecular complexity index is 1050. The highest BCUT2D eigenvalue weighted by atomic mass is 16.2. The van der Waals surface area contributed by atoms with Gasteiger partial charge in [-0.3, -0.25) is 9.59 Å². The molecule has 0 bridgehead atoms. The van der Waals surface area contributed by atoms with E-state index in [9.17, 15) is 9.59 Å². The second-order valence-corrected chi connectivity index (χ2v) is 7.80. The topological polar surface area (TPSA) is 40.6 Å². The molecule has 4 nitrogen and oxygen atoms in total. The molecule has 0 radical (unpaired) electrons. The molecule has 3 aromatic carbocycles. The molecule has 4 heteroatoms. The van der Waals surface area contributed by atoms with E-state index in [-0.39, 0.29) is 17.9 Å². The van der Waals surface area contributed by atoms with Crippen molar-refractivity contribution >= 4 is 17.5 Å². The van der Waals surface area contributed by atoms with Crippen molar-refractivity contribution in [3.8, 4) is 0 Å². The van der Waals surface area contributed by atoms with Gasteiger partial charge in [-0.25, -0.2) is 0 Å². The molecule has 2 amide bonds. The average Bonchev–Trinajstić information content (AvgIpc) is 2.82. The molecule has 0 heterocycles. The van der Waals surface area contributed by atoms with E-state index in [0.29, 0.717) is 11.1 Å². The molecule has 1 unspecified atom stereocenters. The van der Waals surface area contributed by atoms with Crippen molar-refractivity contribution < 1.29 is 9.59 Å². The van der Waals surface area contributed by atoms with Crippen LogP contribution in [0, 0.1) is 0 Å². The van der Waals surface area contributed by atoms with Crippen LogP contribution in [0.3, 0.4) is 0 Å². The van der Waals surface area contributed by atoms with Crippen LogP contribution in [0.2, 0.25) is 0 Å². The number of rotatable bonds is 4. The Morgan fingerprint density at radius 2 is 1.40 bits per heavy atom. The van der Waals surface area contributed by atoms with Crippen LogP contribution < -0.4 is 4.90 Å². The highest BCUT2D eigenvalue weighted by Crippen LogP contribution is 2.36. The maximum Gasteiger partial charge on any atom is 0.258 e. The fraction of sp³-hybridized carbons (Fsp3) is 0.231. The van der Waals surface area contributed by atoms with Gasteiger partial charge in [-0.05, 0) is 66.8 Å². The second kappa shape index (κ2) is 8.54. The summed E-state index contributed by atoms with van der Waals surface area (Å²) in [5.74, 6) is -0.0239. The van der Waals surface area contributed by atoms with E-state index in [4.69, 9.17) is 0 Å². The number of anilines is 1. The fourth-order valence-electron chi connectivity index (χ4n) is 4.19. The smallest absolute Gasteiger partial charge is 0.258 e. The Morgan fingerprint density at radius 3 is 2.03 bits per heavy atom. The zero-order chi connectivity index (χ0) is 21.1. The predicted octanol–water partition coefficient (Wildman–Crippen LogP) is 5.11.